The second-order valence-electron chi connectivity index (χ2n) is 3.31. The third-order valence-electron chi connectivity index (χ3n) is 2.29. The van der Waals surface area contributed by atoms with Crippen LogP contribution in [0.4, 0.5) is 0 Å². The molecule has 1 unspecified atom stereocenters. The second-order valence-corrected chi connectivity index (χ2v) is 3.31. The van der Waals surface area contributed by atoms with Gasteiger partial charge in [0.05, 0.1) is 0 Å². The molecule has 0 saturated heterocycles. The molecule has 1 atom stereocenters. The van der Waals surface area contributed by atoms with Gasteiger partial charge in [-0.2, -0.15) is 0 Å². The molecule has 11 heavy (non-hydrogen) atoms. The summed E-state index contributed by atoms with van der Waals surface area (Å²) in [5.41, 5.74) is 4.28. The maximum atomic E-state index is 2.26. The average molecular weight is 144 g/mol. The lowest BCUT2D eigenvalue weighted by molar-refractivity contribution is 0.918. The van der Waals surface area contributed by atoms with Crippen LogP contribution < -0.4 is 0 Å². The zero-order valence-electron chi connectivity index (χ0n) is 6.96. The highest BCUT2D eigenvalue weighted by molar-refractivity contribution is 5.49. The summed E-state index contributed by atoms with van der Waals surface area (Å²) in [7, 11) is 0. The highest BCUT2D eigenvalue weighted by Gasteiger charge is 2.17. The van der Waals surface area contributed by atoms with Gasteiger partial charge in [0, 0.05) is 5.92 Å². The lowest BCUT2D eigenvalue weighted by atomic mass is 9.88. The van der Waals surface area contributed by atoms with Gasteiger partial charge in [0.1, 0.15) is 0 Å². The topological polar surface area (TPSA) is 0 Å². The van der Waals surface area contributed by atoms with E-state index in [0.717, 1.165) is 0 Å². The number of rotatable bonds is 0. The van der Waals surface area contributed by atoms with Crippen molar-refractivity contribution in [3.8, 4) is 0 Å². The number of fused-ring (bicyclic) bond motifs is 1. The molecule has 0 bridgehead atoms. The minimum absolute atomic E-state index is 0.582. The Labute approximate surface area is 67.6 Å². The van der Waals surface area contributed by atoms with Gasteiger partial charge in [-0.25, -0.2) is 0 Å². The molecule has 2 aliphatic carbocycles. The molecule has 0 aromatic carbocycles. The van der Waals surface area contributed by atoms with E-state index in [1.165, 1.54) is 16.7 Å². The van der Waals surface area contributed by atoms with Gasteiger partial charge in [-0.05, 0) is 19.4 Å². The third kappa shape index (κ3) is 0.988. The Kier molecular flexibility index (Phi) is 1.35. The molecule has 0 fully saturated rings. The molecule has 2 aliphatic rings. The quantitative estimate of drug-likeness (QED) is 0.490. The lowest BCUT2D eigenvalue weighted by Crippen LogP contribution is -2.02. The molecule has 0 spiro atoms. The predicted molar refractivity (Wildman–Crippen MR) is 48.2 cm³/mol. The van der Waals surface area contributed by atoms with Crippen molar-refractivity contribution in [3.05, 3.63) is 47.1 Å². The zero-order valence-corrected chi connectivity index (χ0v) is 6.96. The van der Waals surface area contributed by atoms with Crippen LogP contribution in [0.3, 0.4) is 0 Å². The average Bonchev–Trinajstić information content (AvgIpc) is 2.34. The summed E-state index contributed by atoms with van der Waals surface area (Å²) in [6, 6.07) is 0. The van der Waals surface area contributed by atoms with Crippen molar-refractivity contribution in [3.63, 3.8) is 0 Å². The maximum Gasteiger partial charge on any atom is 0.0231 e. The Morgan fingerprint density at radius 3 is 2.82 bits per heavy atom. The van der Waals surface area contributed by atoms with E-state index in [1.54, 1.807) is 0 Å². The minimum Gasteiger partial charge on any atom is -0.0730 e. The molecule has 0 saturated carbocycles. The largest absolute Gasteiger partial charge is 0.0730 e. The predicted octanol–water partition coefficient (Wildman–Crippen LogP) is 3.01. The van der Waals surface area contributed by atoms with Gasteiger partial charge in [-0.1, -0.05) is 41.5 Å². The first kappa shape index (κ1) is 6.66. The molecule has 2 rings (SSSR count). The van der Waals surface area contributed by atoms with Gasteiger partial charge < -0.3 is 0 Å². The third-order valence-corrected chi connectivity index (χ3v) is 2.29. The van der Waals surface area contributed by atoms with Gasteiger partial charge >= 0.3 is 0 Å². The van der Waals surface area contributed by atoms with E-state index in [0.29, 0.717) is 5.92 Å². The van der Waals surface area contributed by atoms with Gasteiger partial charge in [0.25, 0.3) is 0 Å². The molecule has 0 heterocycles. The highest BCUT2D eigenvalue weighted by atomic mass is 14.2. The van der Waals surface area contributed by atoms with E-state index in [1.807, 2.05) is 0 Å². The standard InChI is InChI=1S/C11H12/c1-8-6-9(2)11-5-3-4-10(11)7-8/h3-7,11H,1-2H3. The Morgan fingerprint density at radius 2 is 2.00 bits per heavy atom. The summed E-state index contributed by atoms with van der Waals surface area (Å²) in [5, 5.41) is 0. The van der Waals surface area contributed by atoms with Crippen LogP contribution in [0.5, 0.6) is 0 Å². The molecule has 56 valence electrons. The van der Waals surface area contributed by atoms with Gasteiger partial charge in [0.2, 0.25) is 0 Å². The lowest BCUT2D eigenvalue weighted by Gasteiger charge is -2.17. The molecule has 0 aromatic rings. The molecule has 0 aromatic heterocycles. The Balaban J connectivity index is 2.45. The molecular formula is C11H12. The molecule has 0 heteroatoms. The molecule has 0 aliphatic heterocycles. The Bertz CT molecular complexity index is 298. The van der Waals surface area contributed by atoms with Crippen molar-refractivity contribution in [2.45, 2.75) is 13.8 Å². The summed E-state index contributed by atoms with van der Waals surface area (Å²) in [5.74, 6) is 0.582. The van der Waals surface area contributed by atoms with Gasteiger partial charge in [-0.15, -0.1) is 0 Å². The molecular weight excluding hydrogens is 132 g/mol. The van der Waals surface area contributed by atoms with Crippen molar-refractivity contribution in [1.82, 2.24) is 0 Å². The smallest absolute Gasteiger partial charge is 0.0231 e. The molecule has 0 amide bonds. The van der Waals surface area contributed by atoms with Crippen LogP contribution in [0.25, 0.3) is 0 Å². The van der Waals surface area contributed by atoms with Crippen molar-refractivity contribution in [2.24, 2.45) is 5.92 Å². The second kappa shape index (κ2) is 2.23. The summed E-state index contributed by atoms with van der Waals surface area (Å²) in [6.07, 6.45) is 11.1. The first-order valence-electron chi connectivity index (χ1n) is 4.02. The van der Waals surface area contributed by atoms with Gasteiger partial charge in [0.15, 0.2) is 0 Å². The van der Waals surface area contributed by atoms with Crippen molar-refractivity contribution < 1.29 is 0 Å². The van der Waals surface area contributed by atoms with Crippen LogP contribution in [0.1, 0.15) is 13.8 Å². The van der Waals surface area contributed by atoms with Crippen molar-refractivity contribution in [1.29, 1.82) is 0 Å². The normalized spacial score (nSPS) is 27.5. The molecule has 0 radical (unpaired) electrons. The van der Waals surface area contributed by atoms with Crippen LogP contribution >= 0.6 is 0 Å². The monoisotopic (exact) mass is 144 g/mol. The van der Waals surface area contributed by atoms with E-state index in [-0.39, 0.29) is 0 Å². The van der Waals surface area contributed by atoms with Crippen LogP contribution in [0, 0.1) is 5.92 Å². The fourth-order valence-corrected chi connectivity index (χ4v) is 1.80. The minimum atomic E-state index is 0.582. The van der Waals surface area contributed by atoms with Crippen molar-refractivity contribution >= 4 is 0 Å². The Morgan fingerprint density at radius 1 is 1.18 bits per heavy atom. The van der Waals surface area contributed by atoms with Gasteiger partial charge in [-0.3, -0.25) is 0 Å². The van der Waals surface area contributed by atoms with Crippen LogP contribution in [-0.4, -0.2) is 0 Å². The molecule has 0 nitrogen and oxygen atoms in total. The van der Waals surface area contributed by atoms with Crippen LogP contribution in [0.15, 0.2) is 47.1 Å². The number of hydrogen-bond donors (Lipinski definition) is 0. The van der Waals surface area contributed by atoms with E-state index >= 15 is 0 Å². The van der Waals surface area contributed by atoms with E-state index in [2.05, 4.69) is 44.2 Å². The summed E-state index contributed by atoms with van der Waals surface area (Å²) < 4.78 is 0. The first-order chi connectivity index (χ1) is 5.27. The summed E-state index contributed by atoms with van der Waals surface area (Å²) >= 11 is 0. The number of allylic oxidation sites excluding steroid dienone is 8. The van der Waals surface area contributed by atoms with E-state index in [9.17, 15) is 0 Å². The molecule has 0 N–H and O–H groups in total. The summed E-state index contributed by atoms with van der Waals surface area (Å²) in [6.45, 7) is 4.35. The fraction of sp³-hybridized carbons (Fsp3) is 0.273. The summed E-state index contributed by atoms with van der Waals surface area (Å²) in [4.78, 5) is 0. The van der Waals surface area contributed by atoms with E-state index < -0.39 is 0 Å². The highest BCUT2D eigenvalue weighted by Crippen LogP contribution is 2.32. The number of hydrogen-bond acceptors (Lipinski definition) is 0. The van der Waals surface area contributed by atoms with Crippen molar-refractivity contribution in [2.75, 3.05) is 0 Å². The van der Waals surface area contributed by atoms with Crippen LogP contribution in [-0.2, 0) is 0 Å². The SMILES string of the molecule is CC1=CC2=CC=CC2C(C)=C1. The fourth-order valence-electron chi connectivity index (χ4n) is 1.80. The zero-order chi connectivity index (χ0) is 7.84. The Hall–Kier alpha value is -1.04. The maximum absolute atomic E-state index is 2.26. The first-order valence-corrected chi connectivity index (χ1v) is 4.02. The van der Waals surface area contributed by atoms with E-state index in [4.69, 9.17) is 0 Å². The van der Waals surface area contributed by atoms with Crippen LogP contribution in [0.2, 0.25) is 0 Å².